The maximum Gasteiger partial charge on any atom is 0.250 e. The van der Waals surface area contributed by atoms with Gasteiger partial charge >= 0.3 is 0 Å². The first kappa shape index (κ1) is 26.1. The van der Waals surface area contributed by atoms with E-state index in [1.807, 2.05) is 0 Å². The Balaban J connectivity index is 1.94. The second kappa shape index (κ2) is 10.5. The number of nitrogens with one attached hydrogen (secondary N) is 1. The molecule has 3 aromatic carbocycles. The molecule has 0 aliphatic rings. The van der Waals surface area contributed by atoms with Gasteiger partial charge in [-0.3, -0.25) is 9.52 Å². The summed E-state index contributed by atoms with van der Waals surface area (Å²) in [6.07, 6.45) is 1.57. The molecule has 0 amide bonds. The molecule has 192 valence electrons. The largest absolute Gasteiger partial charge is 0.454 e. The van der Waals surface area contributed by atoms with Crippen molar-refractivity contribution in [2.45, 2.75) is 13.5 Å². The molecule has 0 radical (unpaired) electrons. The Kier molecular flexibility index (Phi) is 7.42. The Hall–Kier alpha value is -4.02. The van der Waals surface area contributed by atoms with Gasteiger partial charge in [-0.25, -0.2) is 17.2 Å². The van der Waals surface area contributed by atoms with Gasteiger partial charge in [0, 0.05) is 42.2 Å². The van der Waals surface area contributed by atoms with E-state index < -0.39 is 21.7 Å². The predicted octanol–water partition coefficient (Wildman–Crippen LogP) is 5.04. The maximum atomic E-state index is 14.4. The van der Waals surface area contributed by atoms with Crippen molar-refractivity contribution in [1.82, 2.24) is 4.57 Å². The zero-order chi connectivity index (χ0) is 26.7. The van der Waals surface area contributed by atoms with Crippen LogP contribution in [0.2, 0.25) is 0 Å². The molecular weight excluding hydrogens is 502 g/mol. The summed E-state index contributed by atoms with van der Waals surface area (Å²) in [7, 11) is -2.05. The molecule has 0 fully saturated rings. The van der Waals surface area contributed by atoms with E-state index in [1.165, 1.54) is 35.8 Å². The monoisotopic (exact) mass is 526 g/mol. The highest BCUT2D eigenvalue weighted by atomic mass is 32.2. The number of aliphatic hydroxyl groups is 1. The Morgan fingerprint density at radius 2 is 1.62 bits per heavy atom. The minimum absolute atomic E-state index is 0.148. The van der Waals surface area contributed by atoms with Crippen LogP contribution in [-0.2, 0) is 23.7 Å². The van der Waals surface area contributed by atoms with Crippen LogP contribution in [0.3, 0.4) is 0 Å². The number of halogens is 2. The second-order valence-corrected chi connectivity index (χ2v) is 10.3. The van der Waals surface area contributed by atoms with Gasteiger partial charge in [0.2, 0.25) is 10.0 Å². The molecule has 0 spiro atoms. The van der Waals surface area contributed by atoms with Crippen LogP contribution in [0.25, 0.3) is 22.3 Å². The lowest BCUT2D eigenvalue weighted by molar-refractivity contribution is 0.282. The number of sulfonamides is 1. The van der Waals surface area contributed by atoms with Gasteiger partial charge in [-0.05, 0) is 53.9 Å². The van der Waals surface area contributed by atoms with E-state index in [2.05, 4.69) is 4.72 Å². The van der Waals surface area contributed by atoms with E-state index in [1.54, 1.807) is 37.5 Å². The van der Waals surface area contributed by atoms with Crippen LogP contribution in [0.15, 0.2) is 77.7 Å². The summed E-state index contributed by atoms with van der Waals surface area (Å²) in [5, 5.41) is 9.39. The summed E-state index contributed by atoms with van der Waals surface area (Å²) in [4.78, 5) is 12.6. The zero-order valence-corrected chi connectivity index (χ0v) is 20.9. The van der Waals surface area contributed by atoms with Crippen LogP contribution in [0.5, 0.6) is 11.5 Å². The van der Waals surface area contributed by atoms with Crippen molar-refractivity contribution in [3.8, 4) is 33.8 Å². The van der Waals surface area contributed by atoms with E-state index in [0.29, 0.717) is 33.9 Å². The maximum absolute atomic E-state index is 14.4. The van der Waals surface area contributed by atoms with Gasteiger partial charge in [-0.1, -0.05) is 24.3 Å². The molecule has 1 aromatic heterocycles. The fraction of sp³-hybridized carbons (Fsp3) is 0.148. The average molecular weight is 527 g/mol. The zero-order valence-electron chi connectivity index (χ0n) is 20.0. The average Bonchev–Trinajstić information content (AvgIpc) is 2.88. The van der Waals surface area contributed by atoms with E-state index in [4.69, 9.17) is 4.74 Å². The summed E-state index contributed by atoms with van der Waals surface area (Å²) < 4.78 is 62.0. The predicted molar refractivity (Wildman–Crippen MR) is 138 cm³/mol. The second-order valence-electron chi connectivity index (χ2n) is 8.30. The summed E-state index contributed by atoms with van der Waals surface area (Å²) >= 11 is 0. The first-order chi connectivity index (χ1) is 17.6. The number of anilines is 1. The summed E-state index contributed by atoms with van der Waals surface area (Å²) in [6.45, 7) is 1.35. The van der Waals surface area contributed by atoms with Gasteiger partial charge in [0.1, 0.15) is 11.6 Å². The van der Waals surface area contributed by atoms with Crippen molar-refractivity contribution >= 4 is 15.7 Å². The van der Waals surface area contributed by atoms with Gasteiger partial charge in [-0.2, -0.15) is 0 Å². The van der Waals surface area contributed by atoms with E-state index >= 15 is 0 Å². The third kappa shape index (κ3) is 5.87. The highest BCUT2D eigenvalue weighted by Crippen LogP contribution is 2.40. The van der Waals surface area contributed by atoms with Gasteiger partial charge in [0.05, 0.1) is 12.4 Å². The quantitative estimate of drug-likeness (QED) is 0.335. The van der Waals surface area contributed by atoms with Crippen molar-refractivity contribution in [3.05, 3.63) is 100 Å². The standard InChI is InChI=1S/C27H24F2N2O5S/c1-3-37(34,35)30-20-9-11-25(36-26-10-8-19(28)12-24(26)29)22(13-20)23-15-31(2)27(33)14-21(23)18-6-4-17(16-32)5-7-18/h4-15,30,32H,3,16H2,1-2H3. The first-order valence-corrected chi connectivity index (χ1v) is 12.9. The van der Waals surface area contributed by atoms with Crippen LogP contribution >= 0.6 is 0 Å². The minimum Gasteiger partial charge on any atom is -0.454 e. The molecule has 4 rings (SSSR count). The number of aryl methyl sites for hydroxylation is 1. The third-order valence-electron chi connectivity index (χ3n) is 5.71. The van der Waals surface area contributed by atoms with Gasteiger partial charge in [0.15, 0.2) is 11.6 Å². The Morgan fingerprint density at radius 1 is 0.919 bits per heavy atom. The lowest BCUT2D eigenvalue weighted by Gasteiger charge is -2.18. The number of rotatable bonds is 8. The lowest BCUT2D eigenvalue weighted by atomic mass is 9.95. The fourth-order valence-corrected chi connectivity index (χ4v) is 4.32. The Bertz CT molecular complexity index is 1620. The number of hydrogen-bond donors (Lipinski definition) is 2. The summed E-state index contributed by atoms with van der Waals surface area (Å²) in [5.41, 5.74) is 2.64. The van der Waals surface area contributed by atoms with E-state index in [0.717, 1.165) is 12.1 Å². The number of aromatic nitrogens is 1. The van der Waals surface area contributed by atoms with Crippen LogP contribution in [-0.4, -0.2) is 23.8 Å². The number of ether oxygens (including phenoxy) is 1. The van der Waals surface area contributed by atoms with Crippen molar-refractivity contribution < 1.29 is 27.0 Å². The molecule has 2 N–H and O–H groups in total. The number of nitrogens with zero attached hydrogens (tertiary/aromatic N) is 1. The molecule has 37 heavy (non-hydrogen) atoms. The number of hydrogen-bond acceptors (Lipinski definition) is 5. The fourth-order valence-electron chi connectivity index (χ4n) is 3.69. The van der Waals surface area contributed by atoms with Crippen molar-refractivity contribution in [2.24, 2.45) is 7.05 Å². The van der Waals surface area contributed by atoms with E-state index in [-0.39, 0.29) is 35.1 Å². The van der Waals surface area contributed by atoms with Gasteiger partial charge in [0.25, 0.3) is 5.56 Å². The molecule has 1 heterocycles. The van der Waals surface area contributed by atoms with Crippen LogP contribution in [0.4, 0.5) is 14.5 Å². The van der Waals surface area contributed by atoms with Crippen LogP contribution in [0.1, 0.15) is 12.5 Å². The SMILES string of the molecule is CCS(=O)(=O)Nc1ccc(Oc2ccc(F)cc2F)c(-c2cn(C)c(=O)cc2-c2ccc(CO)cc2)c1. The molecule has 0 unspecified atom stereocenters. The molecule has 7 nitrogen and oxygen atoms in total. The molecule has 0 saturated heterocycles. The van der Waals surface area contributed by atoms with Crippen molar-refractivity contribution in [3.63, 3.8) is 0 Å². The number of benzene rings is 3. The molecule has 0 aliphatic carbocycles. The molecule has 0 aliphatic heterocycles. The third-order valence-corrected chi connectivity index (χ3v) is 7.02. The lowest BCUT2D eigenvalue weighted by Crippen LogP contribution is -2.16. The van der Waals surface area contributed by atoms with Gasteiger partial charge in [-0.15, -0.1) is 0 Å². The highest BCUT2D eigenvalue weighted by molar-refractivity contribution is 7.92. The number of pyridine rings is 1. The molecule has 10 heteroatoms. The molecule has 0 atom stereocenters. The Labute approximate surface area is 212 Å². The van der Waals surface area contributed by atoms with Crippen molar-refractivity contribution in [2.75, 3.05) is 10.5 Å². The Morgan fingerprint density at radius 3 is 2.27 bits per heavy atom. The normalized spacial score (nSPS) is 11.4. The summed E-state index contributed by atoms with van der Waals surface area (Å²) in [5.74, 6) is -1.91. The number of aliphatic hydroxyl groups excluding tert-OH is 1. The van der Waals surface area contributed by atoms with Crippen molar-refractivity contribution in [1.29, 1.82) is 0 Å². The topological polar surface area (TPSA) is 97.6 Å². The summed E-state index contributed by atoms with van der Waals surface area (Å²) in [6, 6.07) is 15.7. The van der Waals surface area contributed by atoms with Gasteiger partial charge < -0.3 is 14.4 Å². The highest BCUT2D eigenvalue weighted by Gasteiger charge is 2.18. The molecular formula is C27H24F2N2O5S. The molecule has 4 aromatic rings. The minimum atomic E-state index is -3.61. The van der Waals surface area contributed by atoms with Crippen LogP contribution in [0, 0.1) is 11.6 Å². The molecule has 0 saturated carbocycles. The first-order valence-electron chi connectivity index (χ1n) is 11.3. The smallest absolute Gasteiger partial charge is 0.250 e. The van der Waals surface area contributed by atoms with E-state index in [9.17, 15) is 27.1 Å². The van der Waals surface area contributed by atoms with Crippen LogP contribution < -0.4 is 15.0 Å². The molecule has 0 bridgehead atoms.